The first-order chi connectivity index (χ1) is 12.1. The number of rotatable bonds is 5. The van der Waals surface area contributed by atoms with Crippen LogP contribution in [-0.2, 0) is 0 Å². The molecule has 25 heavy (non-hydrogen) atoms. The molecule has 136 valence electrons. The molecular weight excluding hydrogens is 314 g/mol. The van der Waals surface area contributed by atoms with Crippen molar-refractivity contribution in [3.63, 3.8) is 0 Å². The Bertz CT molecular complexity index is 630. The van der Waals surface area contributed by atoms with Crippen LogP contribution in [0.25, 0.3) is 0 Å². The zero-order valence-corrected chi connectivity index (χ0v) is 15.5. The standard InChI is InChI=1S/C19H29N5O/c1-3-11-24-12-6-19(14-24,15-24)23-9-7-22(8-10-23)16-4-5-17(21-13-16)18(25)20-2/h4-5,13H,3,6-12,14-15H2,1-2H3/p+1. The number of carbonyl (C=O) groups is 1. The van der Waals surface area contributed by atoms with Gasteiger partial charge in [-0.2, -0.15) is 0 Å². The predicted molar refractivity (Wildman–Crippen MR) is 98.8 cm³/mol. The molecule has 0 unspecified atom stereocenters. The van der Waals surface area contributed by atoms with E-state index in [1.807, 2.05) is 18.3 Å². The van der Waals surface area contributed by atoms with E-state index in [1.165, 1.54) is 43.5 Å². The second kappa shape index (κ2) is 6.25. The number of nitrogens with one attached hydrogen (secondary N) is 1. The van der Waals surface area contributed by atoms with Gasteiger partial charge >= 0.3 is 0 Å². The summed E-state index contributed by atoms with van der Waals surface area (Å²) in [4.78, 5) is 21.1. The third kappa shape index (κ3) is 2.81. The third-order valence-electron chi connectivity index (χ3n) is 6.53. The minimum absolute atomic E-state index is 0.129. The Kier molecular flexibility index (Phi) is 4.20. The summed E-state index contributed by atoms with van der Waals surface area (Å²) in [6.45, 7) is 12.2. The van der Waals surface area contributed by atoms with Crippen molar-refractivity contribution in [1.29, 1.82) is 0 Å². The van der Waals surface area contributed by atoms with Crippen molar-refractivity contribution >= 4 is 11.6 Å². The molecule has 1 amide bonds. The maximum atomic E-state index is 11.6. The number of nitrogens with zero attached hydrogens (tertiary/aromatic N) is 4. The maximum Gasteiger partial charge on any atom is 0.269 e. The van der Waals surface area contributed by atoms with E-state index < -0.39 is 0 Å². The van der Waals surface area contributed by atoms with Gasteiger partial charge in [0.2, 0.25) is 0 Å². The number of quaternary nitrogens is 1. The van der Waals surface area contributed by atoms with E-state index in [2.05, 4.69) is 27.0 Å². The molecule has 5 heterocycles. The molecule has 6 heteroatoms. The van der Waals surface area contributed by atoms with E-state index in [0.29, 0.717) is 11.2 Å². The number of aromatic nitrogens is 1. The Balaban J connectivity index is 1.34. The van der Waals surface area contributed by atoms with Crippen molar-refractivity contribution < 1.29 is 9.28 Å². The summed E-state index contributed by atoms with van der Waals surface area (Å²) < 4.78 is 1.38. The molecule has 0 atom stereocenters. The molecule has 0 aliphatic carbocycles. The number of pyridine rings is 1. The first-order valence-electron chi connectivity index (χ1n) is 9.63. The molecule has 0 radical (unpaired) electrons. The number of carbonyl (C=O) groups excluding carboxylic acids is 1. The van der Waals surface area contributed by atoms with Crippen molar-refractivity contribution in [1.82, 2.24) is 15.2 Å². The highest BCUT2D eigenvalue weighted by molar-refractivity contribution is 5.92. The smallest absolute Gasteiger partial charge is 0.269 e. The number of amides is 1. The average molecular weight is 344 g/mol. The highest BCUT2D eigenvalue weighted by atomic mass is 16.1. The molecule has 1 aromatic heterocycles. The van der Waals surface area contributed by atoms with E-state index in [4.69, 9.17) is 0 Å². The summed E-state index contributed by atoms with van der Waals surface area (Å²) in [5, 5.41) is 2.61. The van der Waals surface area contributed by atoms with Gasteiger partial charge in [0.1, 0.15) is 24.3 Å². The van der Waals surface area contributed by atoms with Crippen LogP contribution >= 0.6 is 0 Å². The van der Waals surface area contributed by atoms with Crippen molar-refractivity contribution in [3.8, 4) is 0 Å². The van der Waals surface area contributed by atoms with Crippen LogP contribution in [-0.4, -0.2) is 85.2 Å². The Hall–Kier alpha value is -1.66. The Morgan fingerprint density at radius 3 is 2.64 bits per heavy atom. The van der Waals surface area contributed by atoms with Gasteiger partial charge in [0.25, 0.3) is 5.91 Å². The lowest BCUT2D eigenvalue weighted by Gasteiger charge is -2.54. The molecule has 5 rings (SSSR count). The van der Waals surface area contributed by atoms with Gasteiger partial charge in [-0.25, -0.2) is 4.98 Å². The highest BCUT2D eigenvalue weighted by Gasteiger charge is 2.64. The second-order valence-corrected chi connectivity index (χ2v) is 8.03. The molecule has 4 saturated heterocycles. The summed E-state index contributed by atoms with van der Waals surface area (Å²) >= 11 is 0. The van der Waals surface area contributed by atoms with Crippen LogP contribution in [0.4, 0.5) is 5.69 Å². The molecule has 1 aromatic rings. The summed E-state index contributed by atoms with van der Waals surface area (Å²) in [5.41, 5.74) is 2.11. The molecule has 1 N–H and O–H groups in total. The lowest BCUT2D eigenvalue weighted by Crippen LogP contribution is -2.73. The Labute approximate surface area is 150 Å². The molecule has 4 aliphatic rings. The Morgan fingerprint density at radius 1 is 1.28 bits per heavy atom. The summed E-state index contributed by atoms with van der Waals surface area (Å²) in [6, 6.07) is 3.84. The van der Waals surface area contributed by atoms with Crippen LogP contribution in [0.3, 0.4) is 0 Å². The van der Waals surface area contributed by atoms with Crippen molar-refractivity contribution in [2.75, 3.05) is 64.3 Å². The minimum Gasteiger partial charge on any atom is -0.368 e. The van der Waals surface area contributed by atoms with E-state index in [9.17, 15) is 4.79 Å². The number of anilines is 1. The van der Waals surface area contributed by atoms with Crippen LogP contribution in [0.1, 0.15) is 30.3 Å². The first-order valence-corrected chi connectivity index (χ1v) is 9.63. The molecule has 0 saturated carbocycles. The molecule has 0 aromatic carbocycles. The summed E-state index contributed by atoms with van der Waals surface area (Å²) in [7, 11) is 1.63. The van der Waals surface area contributed by atoms with Crippen molar-refractivity contribution in [2.45, 2.75) is 25.3 Å². The number of hydrogen-bond acceptors (Lipinski definition) is 4. The molecule has 4 fully saturated rings. The fraction of sp³-hybridized carbons (Fsp3) is 0.684. The lowest BCUT2D eigenvalue weighted by molar-refractivity contribution is -0.953. The summed E-state index contributed by atoms with van der Waals surface area (Å²) in [6.07, 6.45) is 4.53. The van der Waals surface area contributed by atoms with E-state index in [1.54, 1.807) is 7.05 Å². The third-order valence-corrected chi connectivity index (χ3v) is 6.53. The first kappa shape index (κ1) is 16.8. The van der Waals surface area contributed by atoms with E-state index in [-0.39, 0.29) is 5.91 Å². The summed E-state index contributed by atoms with van der Waals surface area (Å²) in [5.74, 6) is -0.129. The van der Waals surface area contributed by atoms with Gasteiger partial charge in [0.05, 0.1) is 25.0 Å². The Morgan fingerprint density at radius 2 is 2.04 bits per heavy atom. The van der Waals surface area contributed by atoms with Gasteiger partial charge in [-0.1, -0.05) is 6.92 Å². The van der Waals surface area contributed by atoms with Crippen LogP contribution in [0.5, 0.6) is 0 Å². The van der Waals surface area contributed by atoms with Crippen molar-refractivity contribution in [3.05, 3.63) is 24.0 Å². The van der Waals surface area contributed by atoms with E-state index >= 15 is 0 Å². The van der Waals surface area contributed by atoms with Gasteiger partial charge in [-0.3, -0.25) is 9.69 Å². The molecule has 4 aliphatic heterocycles. The average Bonchev–Trinajstić information content (AvgIpc) is 3.18. The van der Waals surface area contributed by atoms with Crippen LogP contribution in [0.15, 0.2) is 18.3 Å². The monoisotopic (exact) mass is 344 g/mol. The predicted octanol–water partition coefficient (Wildman–Crippen LogP) is 0.946. The SMILES string of the molecule is CCC[N+]12CCC(N3CCN(c4ccc(C(=O)NC)nc4)CC3)(C1)C2. The largest absolute Gasteiger partial charge is 0.368 e. The van der Waals surface area contributed by atoms with E-state index in [0.717, 1.165) is 31.9 Å². The molecule has 6 nitrogen and oxygen atoms in total. The van der Waals surface area contributed by atoms with Gasteiger partial charge in [0, 0.05) is 39.6 Å². The highest BCUT2D eigenvalue weighted by Crippen LogP contribution is 2.45. The number of piperazine rings is 1. The van der Waals surface area contributed by atoms with Crippen LogP contribution < -0.4 is 10.2 Å². The lowest BCUT2D eigenvalue weighted by atomic mass is 9.88. The van der Waals surface area contributed by atoms with Crippen molar-refractivity contribution in [2.24, 2.45) is 0 Å². The topological polar surface area (TPSA) is 48.5 Å². The quantitative estimate of drug-likeness (QED) is 0.808. The van der Waals surface area contributed by atoms with Gasteiger partial charge in [-0.05, 0) is 18.6 Å². The normalized spacial score (nSPS) is 31.7. The van der Waals surface area contributed by atoms with Gasteiger partial charge in [0.15, 0.2) is 0 Å². The number of fused-ring (bicyclic) bond motifs is 1. The van der Waals surface area contributed by atoms with Crippen LogP contribution in [0.2, 0.25) is 0 Å². The fourth-order valence-corrected chi connectivity index (χ4v) is 5.34. The molecule has 2 bridgehead atoms. The van der Waals surface area contributed by atoms with Crippen LogP contribution in [0, 0.1) is 0 Å². The fourth-order valence-electron chi connectivity index (χ4n) is 5.34. The maximum absolute atomic E-state index is 11.6. The van der Waals surface area contributed by atoms with Gasteiger partial charge in [-0.15, -0.1) is 0 Å². The second-order valence-electron chi connectivity index (χ2n) is 8.03. The molecular formula is C19H30N5O+. The van der Waals surface area contributed by atoms with Gasteiger partial charge < -0.3 is 14.7 Å². The zero-order chi connectivity index (χ0) is 17.5. The number of hydrogen-bond donors (Lipinski definition) is 1. The minimum atomic E-state index is -0.129. The molecule has 0 spiro atoms. The zero-order valence-electron chi connectivity index (χ0n) is 15.5.